The topological polar surface area (TPSA) is 46.0 Å². The molecule has 0 amide bonds. The third-order valence-corrected chi connectivity index (χ3v) is 2.24. The maximum Gasteiger partial charge on any atom is 0.280 e. The Morgan fingerprint density at radius 3 is 2.90 bits per heavy atom. The predicted molar refractivity (Wildman–Crippen MR) is 41.3 cm³/mol. The summed E-state index contributed by atoms with van der Waals surface area (Å²) in [4.78, 5) is 10.6. The first-order valence-electron chi connectivity index (χ1n) is 2.95. The molecule has 0 spiro atoms. The second kappa shape index (κ2) is 2.96. The summed E-state index contributed by atoms with van der Waals surface area (Å²) in [5, 5.41) is 2.49. The SMILES string of the molecule is CSC(C)c1cc(=O)[nH]o1. The number of thioether (sulfide) groups is 1. The van der Waals surface area contributed by atoms with Gasteiger partial charge in [-0.2, -0.15) is 16.9 Å². The molecule has 1 aromatic heterocycles. The van der Waals surface area contributed by atoms with Gasteiger partial charge in [-0.05, 0) is 13.2 Å². The van der Waals surface area contributed by atoms with Crippen molar-refractivity contribution in [1.29, 1.82) is 0 Å². The molecule has 0 radical (unpaired) electrons. The van der Waals surface area contributed by atoms with Gasteiger partial charge in [0, 0.05) is 6.07 Å². The molecule has 0 aliphatic rings. The van der Waals surface area contributed by atoms with Gasteiger partial charge in [-0.1, -0.05) is 0 Å². The van der Waals surface area contributed by atoms with Crippen molar-refractivity contribution in [3.63, 3.8) is 0 Å². The Balaban J connectivity index is 2.84. The lowest BCUT2D eigenvalue weighted by atomic mass is 10.4. The molecule has 10 heavy (non-hydrogen) atoms. The second-order valence-corrected chi connectivity index (χ2v) is 3.17. The highest BCUT2D eigenvalue weighted by Crippen LogP contribution is 2.23. The number of aromatic amines is 1. The van der Waals surface area contributed by atoms with Gasteiger partial charge < -0.3 is 4.52 Å². The average molecular weight is 159 g/mol. The monoisotopic (exact) mass is 159 g/mol. The minimum atomic E-state index is -0.170. The van der Waals surface area contributed by atoms with Crippen LogP contribution >= 0.6 is 11.8 Å². The number of H-pyrrole nitrogens is 1. The highest BCUT2D eigenvalue weighted by atomic mass is 32.2. The molecule has 0 aliphatic heterocycles. The first kappa shape index (κ1) is 7.47. The summed E-state index contributed by atoms with van der Waals surface area (Å²) in [5.41, 5.74) is -0.170. The summed E-state index contributed by atoms with van der Waals surface area (Å²) in [6.45, 7) is 1.98. The van der Waals surface area contributed by atoms with E-state index in [1.807, 2.05) is 13.2 Å². The lowest BCUT2D eigenvalue weighted by molar-refractivity contribution is 0.380. The molecule has 1 atom stereocenters. The van der Waals surface area contributed by atoms with Gasteiger partial charge in [0.25, 0.3) is 5.56 Å². The van der Waals surface area contributed by atoms with Crippen molar-refractivity contribution in [3.05, 3.63) is 22.2 Å². The van der Waals surface area contributed by atoms with Crippen LogP contribution in [0.15, 0.2) is 15.4 Å². The van der Waals surface area contributed by atoms with Crippen LogP contribution < -0.4 is 5.56 Å². The Hall–Kier alpha value is -0.640. The van der Waals surface area contributed by atoms with Crippen molar-refractivity contribution in [2.24, 2.45) is 0 Å². The van der Waals surface area contributed by atoms with Crippen LogP contribution in [0, 0.1) is 0 Å². The normalized spacial score (nSPS) is 13.4. The Bertz CT molecular complexity index is 252. The maximum atomic E-state index is 10.6. The van der Waals surface area contributed by atoms with Gasteiger partial charge in [0.15, 0.2) is 5.76 Å². The minimum absolute atomic E-state index is 0.170. The van der Waals surface area contributed by atoms with Crippen LogP contribution in [0.25, 0.3) is 0 Å². The van der Waals surface area contributed by atoms with Gasteiger partial charge in [0.2, 0.25) is 0 Å². The number of nitrogens with one attached hydrogen (secondary N) is 1. The smallest absolute Gasteiger partial charge is 0.280 e. The van der Waals surface area contributed by atoms with E-state index in [9.17, 15) is 4.79 Å². The van der Waals surface area contributed by atoms with E-state index in [-0.39, 0.29) is 10.8 Å². The summed E-state index contributed by atoms with van der Waals surface area (Å²) < 4.78 is 4.86. The molecule has 0 aromatic carbocycles. The fourth-order valence-corrected chi connectivity index (χ4v) is 0.962. The van der Waals surface area contributed by atoms with E-state index < -0.39 is 0 Å². The molecule has 1 aromatic rings. The zero-order valence-electron chi connectivity index (χ0n) is 5.88. The van der Waals surface area contributed by atoms with Crippen molar-refractivity contribution in [3.8, 4) is 0 Å². The lowest BCUT2D eigenvalue weighted by Crippen LogP contribution is -1.93. The highest BCUT2D eigenvalue weighted by Gasteiger charge is 2.07. The Morgan fingerprint density at radius 2 is 2.50 bits per heavy atom. The third kappa shape index (κ3) is 1.44. The summed E-state index contributed by atoms with van der Waals surface area (Å²) in [7, 11) is 0. The van der Waals surface area contributed by atoms with E-state index in [1.54, 1.807) is 11.8 Å². The molecule has 0 saturated carbocycles. The molecule has 0 aliphatic carbocycles. The van der Waals surface area contributed by atoms with Gasteiger partial charge in [0.05, 0.1) is 5.25 Å². The quantitative estimate of drug-likeness (QED) is 0.709. The molecular formula is C6H9NO2S. The molecular weight excluding hydrogens is 150 g/mol. The largest absolute Gasteiger partial charge is 0.382 e. The molecule has 1 heterocycles. The van der Waals surface area contributed by atoms with Crippen LogP contribution in [0.2, 0.25) is 0 Å². The molecule has 1 N–H and O–H groups in total. The summed E-state index contributed by atoms with van der Waals surface area (Å²) in [5.74, 6) is 0.706. The van der Waals surface area contributed by atoms with Crippen molar-refractivity contribution in [2.75, 3.05) is 6.26 Å². The van der Waals surface area contributed by atoms with Crippen LogP contribution in [0.1, 0.15) is 17.9 Å². The van der Waals surface area contributed by atoms with Crippen LogP contribution in [0.3, 0.4) is 0 Å². The van der Waals surface area contributed by atoms with E-state index >= 15 is 0 Å². The van der Waals surface area contributed by atoms with Crippen molar-refractivity contribution in [1.82, 2.24) is 5.16 Å². The Kier molecular flexibility index (Phi) is 2.21. The zero-order chi connectivity index (χ0) is 7.56. The van der Waals surface area contributed by atoms with Gasteiger partial charge in [0.1, 0.15) is 0 Å². The lowest BCUT2D eigenvalue weighted by Gasteiger charge is -1.99. The Labute approximate surface area is 62.8 Å². The first-order chi connectivity index (χ1) is 4.74. The van der Waals surface area contributed by atoms with E-state index in [4.69, 9.17) is 4.52 Å². The van der Waals surface area contributed by atoms with Crippen molar-refractivity contribution in [2.45, 2.75) is 12.2 Å². The number of rotatable bonds is 2. The average Bonchev–Trinajstić information content (AvgIpc) is 2.34. The molecule has 0 saturated heterocycles. The van der Waals surface area contributed by atoms with Gasteiger partial charge >= 0.3 is 0 Å². The van der Waals surface area contributed by atoms with Crippen LogP contribution in [0.5, 0.6) is 0 Å². The van der Waals surface area contributed by atoms with Crippen molar-refractivity contribution >= 4 is 11.8 Å². The van der Waals surface area contributed by atoms with E-state index in [2.05, 4.69) is 5.16 Å². The summed E-state index contributed by atoms with van der Waals surface area (Å²) >= 11 is 1.64. The predicted octanol–water partition coefficient (Wildman–Crippen LogP) is 1.39. The molecule has 0 bridgehead atoms. The molecule has 0 fully saturated rings. The van der Waals surface area contributed by atoms with Gasteiger partial charge in [-0.15, -0.1) is 0 Å². The van der Waals surface area contributed by atoms with Crippen LogP contribution in [-0.2, 0) is 0 Å². The Morgan fingerprint density at radius 1 is 1.80 bits per heavy atom. The van der Waals surface area contributed by atoms with E-state index in [0.29, 0.717) is 5.76 Å². The third-order valence-electron chi connectivity index (χ3n) is 1.30. The first-order valence-corrected chi connectivity index (χ1v) is 4.24. The van der Waals surface area contributed by atoms with E-state index in [1.165, 1.54) is 6.07 Å². The zero-order valence-corrected chi connectivity index (χ0v) is 6.70. The molecule has 4 heteroatoms. The second-order valence-electron chi connectivity index (χ2n) is 1.99. The fraction of sp³-hybridized carbons (Fsp3) is 0.500. The maximum absolute atomic E-state index is 10.6. The number of aromatic nitrogens is 1. The van der Waals surface area contributed by atoms with Gasteiger partial charge in [-0.25, -0.2) is 0 Å². The van der Waals surface area contributed by atoms with E-state index in [0.717, 1.165) is 0 Å². The minimum Gasteiger partial charge on any atom is -0.382 e. The number of hydrogen-bond acceptors (Lipinski definition) is 3. The molecule has 3 nitrogen and oxygen atoms in total. The van der Waals surface area contributed by atoms with Crippen LogP contribution in [-0.4, -0.2) is 11.4 Å². The molecule has 1 rings (SSSR count). The van der Waals surface area contributed by atoms with Crippen LogP contribution in [0.4, 0.5) is 0 Å². The number of hydrogen-bond donors (Lipinski definition) is 1. The summed E-state index contributed by atoms with van der Waals surface area (Å²) in [6.07, 6.45) is 1.97. The van der Waals surface area contributed by atoms with Gasteiger partial charge in [-0.3, -0.25) is 4.79 Å². The summed E-state index contributed by atoms with van der Waals surface area (Å²) in [6, 6.07) is 1.47. The standard InChI is InChI=1S/C6H9NO2S/c1-4(10-2)5-3-6(8)7-9-5/h3-4H,1-2H3,(H,7,8). The highest BCUT2D eigenvalue weighted by molar-refractivity contribution is 7.98. The van der Waals surface area contributed by atoms with Crippen molar-refractivity contribution < 1.29 is 4.52 Å². The fourth-order valence-electron chi connectivity index (χ4n) is 0.614. The molecule has 1 unspecified atom stereocenters. The molecule has 56 valence electrons.